The van der Waals surface area contributed by atoms with Gasteiger partial charge < -0.3 is 10.6 Å². The second kappa shape index (κ2) is 10.3. The Hall–Kier alpha value is -2.70. The molecular weight excluding hydrogens is 400 g/mol. The summed E-state index contributed by atoms with van der Waals surface area (Å²) in [6.45, 7) is 1.86. The molecule has 0 spiro atoms. The molecule has 170 valence electrons. The number of nitrogens with zero attached hydrogens (tertiary/aromatic N) is 2. The average Bonchev–Trinajstić information content (AvgIpc) is 3.45. The molecule has 0 bridgehead atoms. The van der Waals surface area contributed by atoms with Gasteiger partial charge in [0.1, 0.15) is 0 Å². The molecule has 2 amide bonds. The van der Waals surface area contributed by atoms with Crippen LogP contribution < -0.4 is 10.6 Å². The minimum absolute atomic E-state index is 0.0204. The van der Waals surface area contributed by atoms with Gasteiger partial charge in [-0.15, -0.1) is 0 Å². The molecule has 0 aliphatic carbocycles. The zero-order valence-corrected chi connectivity index (χ0v) is 19.0. The van der Waals surface area contributed by atoms with E-state index in [9.17, 15) is 9.59 Å². The highest BCUT2D eigenvalue weighted by Gasteiger charge is 2.35. The molecule has 4 atom stereocenters. The lowest BCUT2D eigenvalue weighted by Crippen LogP contribution is -2.49. The van der Waals surface area contributed by atoms with Crippen LogP contribution in [0, 0.1) is 0 Å². The minimum atomic E-state index is -0.365. The molecule has 6 heteroatoms. The summed E-state index contributed by atoms with van der Waals surface area (Å²) in [5.74, 6) is 0.0408. The van der Waals surface area contributed by atoms with Gasteiger partial charge in [0.15, 0.2) is 0 Å². The van der Waals surface area contributed by atoms with Crippen molar-refractivity contribution in [3.63, 3.8) is 0 Å². The lowest BCUT2D eigenvalue weighted by atomic mass is 9.92. The van der Waals surface area contributed by atoms with Crippen molar-refractivity contribution in [3.8, 4) is 0 Å². The van der Waals surface area contributed by atoms with Crippen molar-refractivity contribution < 1.29 is 9.59 Å². The summed E-state index contributed by atoms with van der Waals surface area (Å²) in [5, 5.41) is 6.60. The molecule has 6 nitrogen and oxygen atoms in total. The number of carbonyl (C=O) groups excluding carboxylic acids is 2. The monoisotopic (exact) mass is 434 g/mol. The number of rotatable bonds is 7. The van der Waals surface area contributed by atoms with Crippen LogP contribution in [0.1, 0.15) is 48.9 Å². The van der Waals surface area contributed by atoms with Crippen molar-refractivity contribution in [2.24, 2.45) is 0 Å². The third-order valence-electron chi connectivity index (χ3n) is 6.89. The number of hydrogen-bond acceptors (Lipinski definition) is 4. The normalized spacial score (nSPS) is 23.6. The number of amides is 2. The predicted octanol–water partition coefficient (Wildman–Crippen LogP) is 2.89. The molecule has 0 aromatic heterocycles. The van der Waals surface area contributed by atoms with Crippen molar-refractivity contribution in [1.82, 2.24) is 20.4 Å². The van der Waals surface area contributed by atoms with Crippen LogP contribution in [0.15, 0.2) is 60.7 Å². The Morgan fingerprint density at radius 1 is 0.719 bits per heavy atom. The summed E-state index contributed by atoms with van der Waals surface area (Å²) in [4.78, 5) is 30.8. The van der Waals surface area contributed by atoms with Gasteiger partial charge in [-0.1, -0.05) is 60.7 Å². The Morgan fingerprint density at radius 3 is 1.41 bits per heavy atom. The highest BCUT2D eigenvalue weighted by Crippen LogP contribution is 2.31. The Morgan fingerprint density at radius 2 is 1.09 bits per heavy atom. The Labute approximate surface area is 191 Å². The van der Waals surface area contributed by atoms with Crippen molar-refractivity contribution in [2.45, 2.75) is 49.9 Å². The van der Waals surface area contributed by atoms with Crippen LogP contribution in [0.3, 0.4) is 0 Å². The first-order valence-corrected chi connectivity index (χ1v) is 11.7. The van der Waals surface area contributed by atoms with E-state index in [2.05, 4.69) is 20.4 Å². The third-order valence-corrected chi connectivity index (χ3v) is 6.89. The molecule has 2 N–H and O–H groups in total. The lowest BCUT2D eigenvalue weighted by molar-refractivity contribution is -0.128. The fourth-order valence-corrected chi connectivity index (χ4v) is 5.02. The van der Waals surface area contributed by atoms with Crippen LogP contribution >= 0.6 is 0 Å². The van der Waals surface area contributed by atoms with Gasteiger partial charge in [0, 0.05) is 0 Å². The standard InChI is InChI=1S/C26H34N4O2/c1-29-17-9-15-21(29)25(31)27-23(19-11-5-3-6-12-19)24(20-13-7-4-8-14-20)28-26(32)22-16-10-18-30(22)2/h3-8,11-14,21-24H,9-10,15-18H2,1-2H3,(H,27,31)(H,28,32)/t21-,22-,23-,24-/m0/s1. The largest absolute Gasteiger partial charge is 0.345 e. The van der Waals surface area contributed by atoms with E-state index in [-0.39, 0.29) is 36.0 Å². The molecular formula is C26H34N4O2. The van der Waals surface area contributed by atoms with Crippen molar-refractivity contribution in [1.29, 1.82) is 0 Å². The Balaban J connectivity index is 1.66. The van der Waals surface area contributed by atoms with Gasteiger partial charge in [0.05, 0.1) is 24.2 Å². The molecule has 0 radical (unpaired) electrons. The molecule has 2 aliphatic rings. The van der Waals surface area contributed by atoms with Crippen molar-refractivity contribution in [2.75, 3.05) is 27.2 Å². The molecule has 2 fully saturated rings. The molecule has 2 aliphatic heterocycles. The third kappa shape index (κ3) is 5.03. The predicted molar refractivity (Wildman–Crippen MR) is 126 cm³/mol. The maximum atomic E-state index is 13.3. The van der Waals surface area contributed by atoms with E-state index in [4.69, 9.17) is 0 Å². The fourth-order valence-electron chi connectivity index (χ4n) is 5.02. The maximum absolute atomic E-state index is 13.3. The molecule has 4 rings (SSSR count). The van der Waals surface area contributed by atoms with E-state index in [0.29, 0.717) is 0 Å². The zero-order chi connectivity index (χ0) is 22.5. The molecule has 2 heterocycles. The second-order valence-corrected chi connectivity index (χ2v) is 9.07. The van der Waals surface area contributed by atoms with E-state index in [1.807, 2.05) is 74.8 Å². The summed E-state index contributed by atoms with van der Waals surface area (Å²) in [5.41, 5.74) is 1.96. The van der Waals surface area contributed by atoms with Gasteiger partial charge in [-0.05, 0) is 64.0 Å². The number of nitrogens with one attached hydrogen (secondary N) is 2. The maximum Gasteiger partial charge on any atom is 0.237 e. The number of likely N-dealkylation sites (tertiary alicyclic amines) is 2. The molecule has 2 aromatic rings. The Bertz CT molecular complexity index is 829. The van der Waals surface area contributed by atoms with Crippen LogP contribution in [0.25, 0.3) is 0 Å². The van der Waals surface area contributed by atoms with Crippen LogP contribution in [-0.4, -0.2) is 60.9 Å². The quantitative estimate of drug-likeness (QED) is 0.703. The second-order valence-electron chi connectivity index (χ2n) is 9.07. The summed E-state index contributed by atoms with van der Waals surface area (Å²) >= 11 is 0. The van der Waals surface area contributed by atoms with Gasteiger partial charge >= 0.3 is 0 Å². The first-order valence-electron chi connectivity index (χ1n) is 11.7. The topological polar surface area (TPSA) is 64.7 Å². The fraction of sp³-hybridized carbons (Fsp3) is 0.462. The molecule has 2 saturated heterocycles. The average molecular weight is 435 g/mol. The number of carbonyl (C=O) groups is 2. The minimum Gasteiger partial charge on any atom is -0.345 e. The highest BCUT2D eigenvalue weighted by molar-refractivity contribution is 5.84. The van der Waals surface area contributed by atoms with Crippen LogP contribution in [0.5, 0.6) is 0 Å². The summed E-state index contributed by atoms with van der Waals surface area (Å²) < 4.78 is 0. The Kier molecular flexibility index (Phi) is 7.22. The first-order chi connectivity index (χ1) is 15.5. The van der Waals surface area contributed by atoms with Crippen molar-refractivity contribution in [3.05, 3.63) is 71.8 Å². The zero-order valence-electron chi connectivity index (χ0n) is 19.0. The SMILES string of the molecule is CN1CCC[C@H]1C(=O)N[C@@H](c1ccccc1)[C@@H](NC(=O)[C@@H]1CCCN1C)c1ccccc1. The molecule has 32 heavy (non-hydrogen) atoms. The molecule has 0 unspecified atom stereocenters. The summed E-state index contributed by atoms with van der Waals surface area (Å²) in [6.07, 6.45) is 3.77. The lowest BCUT2D eigenvalue weighted by Gasteiger charge is -2.33. The van der Waals surface area contributed by atoms with E-state index < -0.39 is 0 Å². The van der Waals surface area contributed by atoms with Crippen LogP contribution in [-0.2, 0) is 9.59 Å². The summed E-state index contributed by atoms with van der Waals surface area (Å²) in [6, 6.07) is 18.9. The van der Waals surface area contributed by atoms with Gasteiger partial charge in [0.25, 0.3) is 0 Å². The van der Waals surface area contributed by atoms with Crippen LogP contribution in [0.2, 0.25) is 0 Å². The van der Waals surface area contributed by atoms with E-state index >= 15 is 0 Å². The van der Waals surface area contributed by atoms with Gasteiger partial charge in [-0.25, -0.2) is 0 Å². The van der Waals surface area contributed by atoms with Gasteiger partial charge in [-0.3, -0.25) is 19.4 Å². The molecule has 0 saturated carbocycles. The van der Waals surface area contributed by atoms with E-state index in [0.717, 1.165) is 49.9 Å². The van der Waals surface area contributed by atoms with E-state index in [1.54, 1.807) is 0 Å². The smallest absolute Gasteiger partial charge is 0.237 e. The number of benzene rings is 2. The summed E-state index contributed by atoms with van der Waals surface area (Å²) in [7, 11) is 4.00. The van der Waals surface area contributed by atoms with Gasteiger partial charge in [0.2, 0.25) is 11.8 Å². The van der Waals surface area contributed by atoms with Crippen molar-refractivity contribution >= 4 is 11.8 Å². The first kappa shape index (κ1) is 22.5. The van der Waals surface area contributed by atoms with Crippen LogP contribution in [0.4, 0.5) is 0 Å². The number of hydrogen-bond donors (Lipinski definition) is 2. The van der Waals surface area contributed by atoms with E-state index in [1.165, 1.54) is 0 Å². The van der Waals surface area contributed by atoms with Gasteiger partial charge in [-0.2, -0.15) is 0 Å². The number of likely N-dealkylation sites (N-methyl/N-ethyl adjacent to an activating group) is 2. The molecule has 2 aromatic carbocycles. The highest BCUT2D eigenvalue weighted by atomic mass is 16.2.